The molecule has 0 aliphatic carbocycles. The van der Waals surface area contributed by atoms with Crippen LogP contribution in [0.2, 0.25) is 0 Å². The van der Waals surface area contributed by atoms with Crippen molar-refractivity contribution in [3.05, 3.63) is 60.2 Å². The lowest BCUT2D eigenvalue weighted by molar-refractivity contribution is -0.120. The fourth-order valence-electron chi connectivity index (χ4n) is 2.73. The molecule has 3 N–H and O–H groups in total. The van der Waals surface area contributed by atoms with Gasteiger partial charge in [0.25, 0.3) is 5.91 Å². The van der Waals surface area contributed by atoms with Crippen LogP contribution in [0.3, 0.4) is 0 Å². The molecule has 0 saturated heterocycles. The molecular weight excluding hydrogens is 316 g/mol. The number of para-hydroxylation sites is 1. The predicted octanol–water partition coefficient (Wildman–Crippen LogP) is 3.48. The molecule has 1 heterocycles. The molecule has 0 aliphatic rings. The van der Waals surface area contributed by atoms with Gasteiger partial charge >= 0.3 is 0 Å². The number of primary amides is 1. The standard InChI is InChI=1S/C20H20N2O3/c1-2-5-16(19(21)23)22-20(24)14-10-8-13(9-11-14)18-12-15-6-3-4-7-17(15)25-18/h3-4,6-12,16H,2,5H2,1H3,(H2,21,23)(H,22,24). The number of nitrogens with one attached hydrogen (secondary N) is 1. The Kier molecular flexibility index (Phi) is 4.84. The van der Waals surface area contributed by atoms with Crippen molar-refractivity contribution in [3.63, 3.8) is 0 Å². The molecule has 5 heteroatoms. The van der Waals surface area contributed by atoms with Gasteiger partial charge in [0.2, 0.25) is 5.91 Å². The first kappa shape index (κ1) is 16.8. The highest BCUT2D eigenvalue weighted by atomic mass is 16.3. The maximum atomic E-state index is 12.3. The van der Waals surface area contributed by atoms with Crippen LogP contribution in [0, 0.1) is 0 Å². The van der Waals surface area contributed by atoms with E-state index in [0.717, 1.165) is 28.7 Å². The first-order valence-electron chi connectivity index (χ1n) is 8.27. The van der Waals surface area contributed by atoms with E-state index < -0.39 is 11.9 Å². The Hall–Kier alpha value is -3.08. The molecule has 3 rings (SSSR count). The summed E-state index contributed by atoms with van der Waals surface area (Å²) in [5, 5.41) is 3.71. The highest BCUT2D eigenvalue weighted by molar-refractivity contribution is 5.97. The van der Waals surface area contributed by atoms with Gasteiger partial charge in [-0.15, -0.1) is 0 Å². The fraction of sp³-hybridized carbons (Fsp3) is 0.200. The minimum absolute atomic E-state index is 0.312. The van der Waals surface area contributed by atoms with E-state index >= 15 is 0 Å². The van der Waals surface area contributed by atoms with E-state index in [1.807, 2.05) is 49.4 Å². The number of nitrogens with two attached hydrogens (primary N) is 1. The summed E-state index contributed by atoms with van der Waals surface area (Å²) >= 11 is 0. The van der Waals surface area contributed by atoms with E-state index in [9.17, 15) is 9.59 Å². The van der Waals surface area contributed by atoms with Crippen LogP contribution in [0.5, 0.6) is 0 Å². The molecule has 0 radical (unpaired) electrons. The van der Waals surface area contributed by atoms with Crippen molar-refractivity contribution >= 4 is 22.8 Å². The first-order chi connectivity index (χ1) is 12.1. The van der Waals surface area contributed by atoms with E-state index in [0.29, 0.717) is 12.0 Å². The predicted molar refractivity (Wildman–Crippen MR) is 97.0 cm³/mol. The van der Waals surface area contributed by atoms with Gasteiger partial charge in [0.1, 0.15) is 17.4 Å². The smallest absolute Gasteiger partial charge is 0.251 e. The average molecular weight is 336 g/mol. The average Bonchev–Trinajstić information content (AvgIpc) is 3.05. The van der Waals surface area contributed by atoms with E-state index in [4.69, 9.17) is 10.2 Å². The highest BCUT2D eigenvalue weighted by Crippen LogP contribution is 2.27. The second kappa shape index (κ2) is 7.21. The van der Waals surface area contributed by atoms with Crippen molar-refractivity contribution in [2.45, 2.75) is 25.8 Å². The summed E-state index contributed by atoms with van der Waals surface area (Å²) in [7, 11) is 0. The molecule has 0 saturated carbocycles. The van der Waals surface area contributed by atoms with Crippen molar-refractivity contribution in [2.24, 2.45) is 5.73 Å². The molecule has 0 spiro atoms. The molecule has 25 heavy (non-hydrogen) atoms. The number of carbonyl (C=O) groups excluding carboxylic acids is 2. The third-order valence-corrected chi connectivity index (χ3v) is 4.08. The molecule has 2 amide bonds. The minimum Gasteiger partial charge on any atom is -0.456 e. The van der Waals surface area contributed by atoms with Crippen LogP contribution in [-0.2, 0) is 4.79 Å². The molecule has 0 fully saturated rings. The van der Waals surface area contributed by atoms with Gasteiger partial charge < -0.3 is 15.5 Å². The van der Waals surface area contributed by atoms with Crippen LogP contribution in [0.15, 0.2) is 59.0 Å². The zero-order chi connectivity index (χ0) is 17.8. The summed E-state index contributed by atoms with van der Waals surface area (Å²) in [5.74, 6) is -0.0864. The molecule has 2 aromatic carbocycles. The Morgan fingerprint density at radius 3 is 2.48 bits per heavy atom. The molecular formula is C20H20N2O3. The summed E-state index contributed by atoms with van der Waals surface area (Å²) in [4.78, 5) is 23.7. The van der Waals surface area contributed by atoms with Crippen LogP contribution in [0.4, 0.5) is 0 Å². The zero-order valence-corrected chi connectivity index (χ0v) is 14.0. The number of rotatable bonds is 6. The number of fused-ring (bicyclic) bond motifs is 1. The Bertz CT molecular complexity index is 864. The maximum absolute atomic E-state index is 12.3. The Morgan fingerprint density at radius 2 is 1.84 bits per heavy atom. The van der Waals surface area contributed by atoms with Gasteiger partial charge in [0.15, 0.2) is 0 Å². The van der Waals surface area contributed by atoms with Gasteiger partial charge in [0, 0.05) is 16.5 Å². The number of benzene rings is 2. The van der Waals surface area contributed by atoms with Gasteiger partial charge in [-0.1, -0.05) is 43.7 Å². The molecule has 5 nitrogen and oxygen atoms in total. The normalized spacial score (nSPS) is 12.0. The van der Waals surface area contributed by atoms with Crippen LogP contribution >= 0.6 is 0 Å². The zero-order valence-electron chi connectivity index (χ0n) is 14.0. The van der Waals surface area contributed by atoms with Crippen molar-refractivity contribution in [1.82, 2.24) is 5.32 Å². The molecule has 128 valence electrons. The minimum atomic E-state index is -0.646. The molecule has 3 aromatic rings. The Balaban J connectivity index is 1.77. The van der Waals surface area contributed by atoms with E-state index in [1.54, 1.807) is 12.1 Å². The highest BCUT2D eigenvalue weighted by Gasteiger charge is 2.18. The first-order valence-corrected chi connectivity index (χ1v) is 8.27. The molecule has 0 bridgehead atoms. The lowest BCUT2D eigenvalue weighted by Gasteiger charge is -2.14. The number of hydrogen-bond acceptors (Lipinski definition) is 3. The van der Waals surface area contributed by atoms with Crippen molar-refractivity contribution in [2.75, 3.05) is 0 Å². The summed E-state index contributed by atoms with van der Waals surface area (Å²) in [5.41, 5.74) is 7.50. The van der Waals surface area contributed by atoms with E-state index in [1.165, 1.54) is 0 Å². The second-order valence-corrected chi connectivity index (χ2v) is 5.94. The van der Waals surface area contributed by atoms with Crippen LogP contribution in [0.1, 0.15) is 30.1 Å². The molecule has 1 unspecified atom stereocenters. The van der Waals surface area contributed by atoms with Crippen molar-refractivity contribution < 1.29 is 14.0 Å². The number of carbonyl (C=O) groups is 2. The van der Waals surface area contributed by atoms with Crippen LogP contribution < -0.4 is 11.1 Å². The van der Waals surface area contributed by atoms with Gasteiger partial charge in [-0.05, 0) is 30.7 Å². The van der Waals surface area contributed by atoms with Crippen LogP contribution in [-0.4, -0.2) is 17.9 Å². The van der Waals surface area contributed by atoms with E-state index in [-0.39, 0.29) is 5.91 Å². The van der Waals surface area contributed by atoms with Gasteiger partial charge in [-0.3, -0.25) is 9.59 Å². The molecule has 1 atom stereocenters. The van der Waals surface area contributed by atoms with Crippen molar-refractivity contribution in [1.29, 1.82) is 0 Å². The molecule has 1 aromatic heterocycles. The third kappa shape index (κ3) is 3.71. The van der Waals surface area contributed by atoms with Gasteiger partial charge in [-0.2, -0.15) is 0 Å². The second-order valence-electron chi connectivity index (χ2n) is 5.94. The quantitative estimate of drug-likeness (QED) is 0.722. The monoisotopic (exact) mass is 336 g/mol. The Labute approximate surface area is 145 Å². The fourth-order valence-corrected chi connectivity index (χ4v) is 2.73. The topological polar surface area (TPSA) is 85.3 Å². The lowest BCUT2D eigenvalue weighted by Crippen LogP contribution is -2.44. The van der Waals surface area contributed by atoms with Gasteiger partial charge in [0.05, 0.1) is 0 Å². The summed E-state index contributed by atoms with van der Waals surface area (Å²) in [6, 6.07) is 16.2. The van der Waals surface area contributed by atoms with Gasteiger partial charge in [-0.25, -0.2) is 0 Å². The largest absolute Gasteiger partial charge is 0.456 e. The lowest BCUT2D eigenvalue weighted by atomic mass is 10.1. The molecule has 0 aliphatic heterocycles. The number of furan rings is 1. The summed E-state index contributed by atoms with van der Waals surface area (Å²) in [6.45, 7) is 1.93. The summed E-state index contributed by atoms with van der Waals surface area (Å²) < 4.78 is 5.82. The number of amides is 2. The Morgan fingerprint density at radius 1 is 1.12 bits per heavy atom. The van der Waals surface area contributed by atoms with E-state index in [2.05, 4.69) is 5.32 Å². The third-order valence-electron chi connectivity index (χ3n) is 4.08. The van der Waals surface area contributed by atoms with Crippen LogP contribution in [0.25, 0.3) is 22.3 Å². The maximum Gasteiger partial charge on any atom is 0.251 e. The SMILES string of the molecule is CCCC(NC(=O)c1ccc(-c2cc3ccccc3o2)cc1)C(N)=O. The van der Waals surface area contributed by atoms with Crippen molar-refractivity contribution in [3.8, 4) is 11.3 Å². The number of hydrogen-bond donors (Lipinski definition) is 2. The summed E-state index contributed by atoms with van der Waals surface area (Å²) in [6.07, 6.45) is 1.29.